The fraction of sp³-hybridized carbons (Fsp3) is 0.833. The van der Waals surface area contributed by atoms with E-state index < -0.39 is 5.41 Å². The average Bonchev–Trinajstić information content (AvgIpc) is 2.54. The number of fused-ring (bicyclic) bond motifs is 2. The number of allylic oxidation sites excluding steroid dienone is 1. The predicted octanol–water partition coefficient (Wildman–Crippen LogP) is 6.20. The van der Waals surface area contributed by atoms with Crippen molar-refractivity contribution < 1.29 is 14.3 Å². The minimum atomic E-state index is -0.397. The maximum Gasteiger partial charge on any atom is 0.415 e. The molecule has 0 heterocycles. The number of amides is 1. The first-order chi connectivity index (χ1) is 12.8. The normalized spacial score (nSPS) is 28.5. The first kappa shape index (κ1) is 23.0. The Kier molecular flexibility index (Phi) is 6.72. The Hall–Kier alpha value is -1.32. The SMILES string of the molecule is CC(C)N(C(=O)O/C=C1/[C@@H]2CCC(C)(C)[C@H](C2)C[C@@H]1C(=O)C(C)(C)C)C(C)C. The quantitative estimate of drug-likeness (QED) is 0.536. The van der Waals surface area contributed by atoms with Crippen molar-refractivity contribution in [2.24, 2.45) is 28.6 Å². The number of rotatable bonds is 4. The van der Waals surface area contributed by atoms with Gasteiger partial charge in [-0.25, -0.2) is 4.79 Å². The summed E-state index contributed by atoms with van der Waals surface area (Å²) >= 11 is 0. The molecule has 1 amide bonds. The van der Waals surface area contributed by atoms with Gasteiger partial charge in [-0.15, -0.1) is 0 Å². The largest absolute Gasteiger partial charge is 0.418 e. The summed E-state index contributed by atoms with van der Waals surface area (Å²) in [6.07, 6.45) is 5.53. The second-order valence-electron chi connectivity index (χ2n) is 11.2. The molecule has 0 aromatic heterocycles. The van der Waals surface area contributed by atoms with Crippen LogP contribution in [0.4, 0.5) is 4.79 Å². The van der Waals surface area contributed by atoms with Gasteiger partial charge in [0.15, 0.2) is 0 Å². The van der Waals surface area contributed by atoms with Crippen LogP contribution in [0, 0.1) is 28.6 Å². The summed E-state index contributed by atoms with van der Waals surface area (Å²) in [5.41, 5.74) is 0.930. The summed E-state index contributed by atoms with van der Waals surface area (Å²) in [5, 5.41) is 0. The van der Waals surface area contributed by atoms with Gasteiger partial charge in [-0.3, -0.25) is 4.79 Å². The standard InChI is InChI=1S/C24H41NO3/c1-15(2)25(16(3)4)22(27)28-14-20-17-10-11-24(8,9)18(12-17)13-19(20)21(26)23(5,6)7/h14-19H,10-13H2,1-9H3/b20-14-/t17-,18-,19+/m1/s1. The zero-order valence-electron chi connectivity index (χ0n) is 19.5. The van der Waals surface area contributed by atoms with Gasteiger partial charge < -0.3 is 9.64 Å². The number of carbonyl (C=O) groups excluding carboxylic acids is 2. The molecule has 0 radical (unpaired) electrons. The number of nitrogens with zero attached hydrogens (tertiary/aromatic N) is 1. The highest BCUT2D eigenvalue weighted by Crippen LogP contribution is 2.54. The van der Waals surface area contributed by atoms with Gasteiger partial charge >= 0.3 is 6.09 Å². The third-order valence-electron chi connectivity index (χ3n) is 6.88. The first-order valence-corrected chi connectivity index (χ1v) is 11.0. The third-order valence-corrected chi connectivity index (χ3v) is 6.88. The van der Waals surface area contributed by atoms with Crippen LogP contribution in [0.15, 0.2) is 11.8 Å². The molecule has 0 N–H and O–H groups in total. The van der Waals surface area contributed by atoms with E-state index in [1.165, 1.54) is 0 Å². The number of ether oxygens (including phenoxy) is 1. The molecule has 2 aliphatic rings. The van der Waals surface area contributed by atoms with Crippen LogP contribution in [0.5, 0.6) is 0 Å². The molecule has 4 nitrogen and oxygen atoms in total. The van der Waals surface area contributed by atoms with Crippen LogP contribution >= 0.6 is 0 Å². The van der Waals surface area contributed by atoms with E-state index in [2.05, 4.69) is 13.8 Å². The molecule has 2 saturated carbocycles. The second kappa shape index (κ2) is 8.20. The van der Waals surface area contributed by atoms with E-state index >= 15 is 0 Å². The summed E-state index contributed by atoms with van der Waals surface area (Å²) in [5.74, 6) is 1.04. The molecule has 4 heteroatoms. The van der Waals surface area contributed by atoms with Crippen LogP contribution in [-0.2, 0) is 9.53 Å². The molecule has 0 saturated heterocycles. The van der Waals surface area contributed by atoms with E-state index in [4.69, 9.17) is 4.74 Å². The van der Waals surface area contributed by atoms with Gasteiger partial charge in [0.2, 0.25) is 0 Å². The Morgan fingerprint density at radius 1 is 1.11 bits per heavy atom. The van der Waals surface area contributed by atoms with Crippen LogP contribution in [-0.4, -0.2) is 28.9 Å². The molecule has 0 aromatic rings. The lowest BCUT2D eigenvalue weighted by Crippen LogP contribution is -2.44. The predicted molar refractivity (Wildman–Crippen MR) is 114 cm³/mol. The van der Waals surface area contributed by atoms with Gasteiger partial charge in [0.25, 0.3) is 0 Å². The Morgan fingerprint density at radius 3 is 2.18 bits per heavy atom. The van der Waals surface area contributed by atoms with Crippen molar-refractivity contribution in [2.45, 2.75) is 100 Å². The Balaban J connectivity index is 2.31. The van der Waals surface area contributed by atoms with Crippen LogP contribution in [0.2, 0.25) is 0 Å². The number of Topliss-reactive ketones (excluding diaryl/α,β-unsaturated/α-hetero) is 1. The van der Waals surface area contributed by atoms with E-state index in [1.807, 2.05) is 48.5 Å². The topological polar surface area (TPSA) is 46.6 Å². The lowest BCUT2D eigenvalue weighted by atomic mass is 9.55. The maximum absolute atomic E-state index is 13.3. The number of hydrogen-bond donors (Lipinski definition) is 0. The summed E-state index contributed by atoms with van der Waals surface area (Å²) in [7, 11) is 0. The number of hydrogen-bond acceptors (Lipinski definition) is 3. The van der Waals surface area contributed by atoms with Crippen LogP contribution < -0.4 is 0 Å². The molecular formula is C24H41NO3. The summed E-state index contributed by atoms with van der Waals surface area (Å²) < 4.78 is 5.68. The van der Waals surface area contributed by atoms with Gasteiger partial charge in [0.05, 0.1) is 6.26 Å². The van der Waals surface area contributed by atoms with Gasteiger partial charge in [0.1, 0.15) is 5.78 Å². The Morgan fingerprint density at radius 2 is 1.68 bits per heavy atom. The molecule has 2 bridgehead atoms. The van der Waals surface area contributed by atoms with E-state index in [9.17, 15) is 9.59 Å². The Labute approximate surface area is 172 Å². The zero-order chi connectivity index (χ0) is 21.4. The molecule has 3 atom stereocenters. The zero-order valence-corrected chi connectivity index (χ0v) is 19.5. The van der Waals surface area contributed by atoms with Gasteiger partial charge in [-0.1, -0.05) is 34.6 Å². The van der Waals surface area contributed by atoms with Crippen molar-refractivity contribution in [2.75, 3.05) is 0 Å². The summed E-state index contributed by atoms with van der Waals surface area (Å²) in [6, 6.07) is 0.147. The molecular weight excluding hydrogens is 350 g/mol. The average molecular weight is 392 g/mol. The highest BCUT2D eigenvalue weighted by Gasteiger charge is 2.47. The van der Waals surface area contributed by atoms with Crippen molar-refractivity contribution in [3.63, 3.8) is 0 Å². The highest BCUT2D eigenvalue weighted by molar-refractivity contribution is 5.88. The lowest BCUT2D eigenvalue weighted by molar-refractivity contribution is -0.131. The van der Waals surface area contributed by atoms with Gasteiger partial charge in [0, 0.05) is 23.4 Å². The maximum atomic E-state index is 13.3. The van der Waals surface area contributed by atoms with Crippen molar-refractivity contribution in [1.82, 2.24) is 4.90 Å². The van der Waals surface area contributed by atoms with E-state index in [0.29, 0.717) is 11.8 Å². The van der Waals surface area contributed by atoms with Crippen molar-refractivity contribution in [3.05, 3.63) is 11.8 Å². The number of carbonyl (C=O) groups is 2. The number of ketones is 1. The van der Waals surface area contributed by atoms with Crippen molar-refractivity contribution in [3.8, 4) is 0 Å². The molecule has 0 aromatic carbocycles. The smallest absolute Gasteiger partial charge is 0.415 e. The molecule has 2 rings (SSSR count). The molecule has 2 fully saturated rings. The van der Waals surface area contributed by atoms with E-state index in [1.54, 1.807) is 11.2 Å². The van der Waals surface area contributed by atoms with Crippen molar-refractivity contribution >= 4 is 11.9 Å². The van der Waals surface area contributed by atoms with Crippen LogP contribution in [0.3, 0.4) is 0 Å². The monoisotopic (exact) mass is 391 g/mol. The Bertz CT molecular complexity index is 616. The summed E-state index contributed by atoms with van der Waals surface area (Å²) in [6.45, 7) is 18.6. The van der Waals surface area contributed by atoms with Crippen LogP contribution in [0.25, 0.3) is 0 Å². The lowest BCUT2D eigenvalue weighted by Gasteiger charge is -2.49. The fourth-order valence-corrected chi connectivity index (χ4v) is 5.11. The minimum Gasteiger partial charge on any atom is -0.418 e. The van der Waals surface area contributed by atoms with E-state index in [-0.39, 0.29) is 35.3 Å². The molecule has 160 valence electrons. The molecule has 2 aliphatic carbocycles. The molecule has 0 spiro atoms. The minimum absolute atomic E-state index is 0.0733. The molecule has 28 heavy (non-hydrogen) atoms. The molecule has 0 unspecified atom stereocenters. The van der Waals surface area contributed by atoms with Gasteiger partial charge in [-0.05, 0) is 76.2 Å². The second-order valence-corrected chi connectivity index (χ2v) is 11.2. The van der Waals surface area contributed by atoms with Gasteiger partial charge in [-0.2, -0.15) is 0 Å². The fourth-order valence-electron chi connectivity index (χ4n) is 5.11. The summed E-state index contributed by atoms with van der Waals surface area (Å²) in [4.78, 5) is 27.7. The van der Waals surface area contributed by atoms with Crippen molar-refractivity contribution in [1.29, 1.82) is 0 Å². The third kappa shape index (κ3) is 4.80. The highest BCUT2D eigenvalue weighted by atomic mass is 16.5. The molecule has 0 aliphatic heterocycles. The van der Waals surface area contributed by atoms with Crippen LogP contribution in [0.1, 0.15) is 88.0 Å². The van der Waals surface area contributed by atoms with E-state index in [0.717, 1.165) is 31.3 Å². The first-order valence-electron chi connectivity index (χ1n) is 11.0.